The number of hydrogen-bond donors (Lipinski definition) is 2. The van der Waals surface area contributed by atoms with Crippen molar-refractivity contribution in [3.8, 4) is 0 Å². The third-order valence-corrected chi connectivity index (χ3v) is 3.20. The van der Waals surface area contributed by atoms with Crippen LogP contribution in [0.3, 0.4) is 0 Å². The van der Waals surface area contributed by atoms with Crippen LogP contribution in [0.1, 0.15) is 43.6 Å². The number of carboxylic acid groups (broad SMARTS) is 1. The zero-order chi connectivity index (χ0) is 12.5. The number of carbonyl (C=O) groups is 1. The van der Waals surface area contributed by atoms with Crippen molar-refractivity contribution in [1.82, 2.24) is 10.2 Å². The summed E-state index contributed by atoms with van der Waals surface area (Å²) in [6, 6.07) is 3.55. The van der Waals surface area contributed by atoms with Crippen molar-refractivity contribution in [2.75, 3.05) is 5.32 Å². The summed E-state index contributed by atoms with van der Waals surface area (Å²) in [6.45, 7) is 4.52. The molecule has 1 unspecified atom stereocenters. The van der Waals surface area contributed by atoms with E-state index in [2.05, 4.69) is 29.4 Å². The van der Waals surface area contributed by atoms with E-state index in [0.717, 1.165) is 12.8 Å². The Labute approximate surface area is 100 Å². The highest BCUT2D eigenvalue weighted by Gasteiger charge is 2.30. The number of rotatable bonds is 3. The molecule has 0 radical (unpaired) electrons. The van der Waals surface area contributed by atoms with Gasteiger partial charge in [-0.1, -0.05) is 13.8 Å². The van der Waals surface area contributed by atoms with Gasteiger partial charge >= 0.3 is 5.97 Å². The maximum Gasteiger partial charge on any atom is 0.356 e. The summed E-state index contributed by atoms with van der Waals surface area (Å²) >= 11 is 0. The number of anilines is 1. The Bertz CT molecular complexity index is 414. The van der Waals surface area contributed by atoms with Gasteiger partial charge in [0.15, 0.2) is 5.69 Å². The summed E-state index contributed by atoms with van der Waals surface area (Å²) in [6.07, 6.45) is 3.43. The van der Waals surface area contributed by atoms with Crippen LogP contribution in [-0.4, -0.2) is 27.3 Å². The Morgan fingerprint density at radius 2 is 2.24 bits per heavy atom. The number of aromatic carboxylic acids is 1. The Morgan fingerprint density at radius 1 is 1.47 bits per heavy atom. The molecule has 0 spiro atoms. The first kappa shape index (κ1) is 11.8. The number of hydrogen-bond acceptors (Lipinski definition) is 4. The molecule has 1 saturated carbocycles. The molecule has 2 N–H and O–H groups in total. The van der Waals surface area contributed by atoms with Gasteiger partial charge in [-0.05, 0) is 36.8 Å². The van der Waals surface area contributed by atoms with Crippen LogP contribution in [-0.2, 0) is 0 Å². The van der Waals surface area contributed by atoms with Gasteiger partial charge in [-0.15, -0.1) is 10.2 Å². The van der Waals surface area contributed by atoms with Crippen LogP contribution >= 0.6 is 0 Å². The molecule has 1 aromatic heterocycles. The minimum absolute atomic E-state index is 0.0256. The summed E-state index contributed by atoms with van der Waals surface area (Å²) in [5.41, 5.74) is 0.355. The van der Waals surface area contributed by atoms with E-state index in [0.29, 0.717) is 17.3 Å². The van der Waals surface area contributed by atoms with Gasteiger partial charge in [-0.25, -0.2) is 4.79 Å². The molecule has 1 heterocycles. The molecule has 2 rings (SSSR count). The van der Waals surface area contributed by atoms with Crippen LogP contribution < -0.4 is 5.32 Å². The molecule has 1 aliphatic carbocycles. The highest BCUT2D eigenvalue weighted by atomic mass is 16.4. The fraction of sp³-hybridized carbons (Fsp3) is 0.583. The second-order valence-electron chi connectivity index (χ2n) is 5.36. The fourth-order valence-corrected chi connectivity index (χ4v) is 2.29. The molecule has 17 heavy (non-hydrogen) atoms. The first-order valence-electron chi connectivity index (χ1n) is 5.80. The predicted octanol–water partition coefficient (Wildman–Crippen LogP) is 2.17. The largest absolute Gasteiger partial charge is 0.476 e. The molecular weight excluding hydrogens is 218 g/mol. The van der Waals surface area contributed by atoms with Gasteiger partial charge in [0.2, 0.25) is 0 Å². The minimum Gasteiger partial charge on any atom is -0.476 e. The summed E-state index contributed by atoms with van der Waals surface area (Å²) in [4.78, 5) is 10.6. The Hall–Kier alpha value is -1.65. The number of carboxylic acids is 1. The van der Waals surface area contributed by atoms with E-state index in [1.807, 2.05) is 0 Å². The smallest absolute Gasteiger partial charge is 0.356 e. The number of nitrogens with zero attached hydrogens (tertiary/aromatic N) is 2. The summed E-state index contributed by atoms with van der Waals surface area (Å²) < 4.78 is 0. The zero-order valence-corrected chi connectivity index (χ0v) is 10.1. The second kappa shape index (κ2) is 4.31. The summed E-state index contributed by atoms with van der Waals surface area (Å²) in [5.74, 6) is -0.399. The Morgan fingerprint density at radius 3 is 2.71 bits per heavy atom. The van der Waals surface area contributed by atoms with Crippen molar-refractivity contribution in [2.24, 2.45) is 5.41 Å². The average molecular weight is 235 g/mol. The van der Waals surface area contributed by atoms with Crippen molar-refractivity contribution >= 4 is 11.8 Å². The van der Waals surface area contributed by atoms with Crippen molar-refractivity contribution in [2.45, 2.75) is 39.2 Å². The quantitative estimate of drug-likeness (QED) is 0.839. The number of nitrogens with one attached hydrogen (secondary N) is 1. The van der Waals surface area contributed by atoms with Crippen LogP contribution in [0.5, 0.6) is 0 Å². The van der Waals surface area contributed by atoms with Gasteiger partial charge in [0.1, 0.15) is 5.82 Å². The lowest BCUT2D eigenvalue weighted by molar-refractivity contribution is 0.0689. The zero-order valence-electron chi connectivity index (χ0n) is 10.1. The normalized spacial score (nSPS) is 22.4. The van der Waals surface area contributed by atoms with E-state index in [9.17, 15) is 4.79 Å². The molecule has 92 valence electrons. The SMILES string of the molecule is CC1(C)CCC(Nc2ccc(C(=O)O)nn2)C1. The lowest BCUT2D eigenvalue weighted by atomic mass is 9.92. The van der Waals surface area contributed by atoms with Crippen LogP contribution in [0.25, 0.3) is 0 Å². The number of aromatic nitrogens is 2. The molecule has 1 fully saturated rings. The van der Waals surface area contributed by atoms with Crippen LogP contribution in [0.4, 0.5) is 5.82 Å². The molecule has 0 aromatic carbocycles. The molecule has 1 aromatic rings. The van der Waals surface area contributed by atoms with E-state index in [-0.39, 0.29) is 5.69 Å². The lowest BCUT2D eigenvalue weighted by Crippen LogP contribution is -2.18. The molecule has 0 bridgehead atoms. The van der Waals surface area contributed by atoms with E-state index in [4.69, 9.17) is 5.11 Å². The second-order valence-corrected chi connectivity index (χ2v) is 5.36. The van der Waals surface area contributed by atoms with Gasteiger partial charge in [0, 0.05) is 6.04 Å². The maximum absolute atomic E-state index is 10.6. The van der Waals surface area contributed by atoms with Gasteiger partial charge in [-0.2, -0.15) is 0 Å². The van der Waals surface area contributed by atoms with Crippen LogP contribution in [0, 0.1) is 5.41 Å². The van der Waals surface area contributed by atoms with Gasteiger partial charge < -0.3 is 10.4 Å². The monoisotopic (exact) mass is 235 g/mol. The molecule has 1 atom stereocenters. The van der Waals surface area contributed by atoms with Crippen molar-refractivity contribution in [3.63, 3.8) is 0 Å². The van der Waals surface area contributed by atoms with Gasteiger partial charge in [0.05, 0.1) is 0 Å². The molecule has 0 amide bonds. The first-order valence-corrected chi connectivity index (χ1v) is 5.80. The highest BCUT2D eigenvalue weighted by molar-refractivity contribution is 5.85. The Kier molecular flexibility index (Phi) is 3.00. The third kappa shape index (κ3) is 2.93. The predicted molar refractivity (Wildman–Crippen MR) is 64.0 cm³/mol. The van der Waals surface area contributed by atoms with Gasteiger partial charge in [-0.3, -0.25) is 0 Å². The van der Waals surface area contributed by atoms with Crippen molar-refractivity contribution in [3.05, 3.63) is 17.8 Å². The molecule has 5 heteroatoms. The van der Waals surface area contributed by atoms with Crippen LogP contribution in [0.2, 0.25) is 0 Å². The van der Waals surface area contributed by atoms with E-state index in [1.165, 1.54) is 12.5 Å². The highest BCUT2D eigenvalue weighted by Crippen LogP contribution is 2.37. The minimum atomic E-state index is -1.05. The standard InChI is InChI=1S/C12H17N3O2/c1-12(2)6-5-8(7-12)13-10-4-3-9(11(16)17)14-15-10/h3-4,8H,5-7H2,1-2H3,(H,13,15)(H,16,17). The lowest BCUT2D eigenvalue weighted by Gasteiger charge is -2.17. The molecule has 1 aliphatic rings. The van der Waals surface area contributed by atoms with Crippen molar-refractivity contribution in [1.29, 1.82) is 0 Å². The van der Waals surface area contributed by atoms with Crippen LogP contribution in [0.15, 0.2) is 12.1 Å². The van der Waals surface area contributed by atoms with E-state index in [1.54, 1.807) is 6.07 Å². The topological polar surface area (TPSA) is 75.1 Å². The van der Waals surface area contributed by atoms with E-state index < -0.39 is 5.97 Å². The summed E-state index contributed by atoms with van der Waals surface area (Å²) in [5, 5.41) is 19.5. The van der Waals surface area contributed by atoms with Gasteiger partial charge in [0.25, 0.3) is 0 Å². The molecule has 0 aliphatic heterocycles. The van der Waals surface area contributed by atoms with Crippen molar-refractivity contribution < 1.29 is 9.90 Å². The molecule has 0 saturated heterocycles. The molecular formula is C12H17N3O2. The maximum atomic E-state index is 10.6. The Balaban J connectivity index is 1.98. The third-order valence-electron chi connectivity index (χ3n) is 3.20. The molecule has 5 nitrogen and oxygen atoms in total. The fourth-order valence-electron chi connectivity index (χ4n) is 2.29. The first-order chi connectivity index (χ1) is 7.96. The van der Waals surface area contributed by atoms with E-state index >= 15 is 0 Å². The average Bonchev–Trinajstić information content (AvgIpc) is 2.59. The summed E-state index contributed by atoms with van der Waals surface area (Å²) in [7, 11) is 0.